The summed E-state index contributed by atoms with van der Waals surface area (Å²) in [5.41, 5.74) is 1.14. The molecule has 6 heteroatoms. The molecular formula is C18H24N4OS. The number of imidazole rings is 1. The van der Waals surface area contributed by atoms with Crippen LogP contribution in [-0.4, -0.2) is 26.2 Å². The van der Waals surface area contributed by atoms with E-state index < -0.39 is 5.60 Å². The van der Waals surface area contributed by atoms with E-state index in [1.54, 1.807) is 0 Å². The minimum Gasteiger partial charge on any atom is -0.385 e. The molecule has 0 fully saturated rings. The maximum atomic E-state index is 10.6. The Kier molecular flexibility index (Phi) is 4.36. The fourth-order valence-electron chi connectivity index (χ4n) is 2.49. The number of rotatable bonds is 5. The predicted molar refractivity (Wildman–Crippen MR) is 98.7 cm³/mol. The number of hydrogen-bond donors (Lipinski definition) is 2. The first-order valence-electron chi connectivity index (χ1n) is 8.14. The van der Waals surface area contributed by atoms with Gasteiger partial charge in [0.2, 0.25) is 10.1 Å². The highest BCUT2D eigenvalue weighted by molar-refractivity contribution is 7.20. The SMILES string of the molecule is CC(C)(C)c1cn2nc(NCCC(C)(O)c3ccccc3)sc2n1. The van der Waals surface area contributed by atoms with E-state index in [2.05, 4.69) is 36.2 Å². The molecule has 2 N–H and O–H groups in total. The molecule has 128 valence electrons. The van der Waals surface area contributed by atoms with Gasteiger partial charge in [-0.3, -0.25) is 0 Å². The first-order chi connectivity index (χ1) is 11.3. The molecule has 0 amide bonds. The van der Waals surface area contributed by atoms with Crippen molar-refractivity contribution in [3.05, 3.63) is 47.8 Å². The second kappa shape index (κ2) is 6.18. The average Bonchev–Trinajstić information content (AvgIpc) is 3.06. The second-order valence-electron chi connectivity index (χ2n) is 7.33. The molecule has 0 aliphatic rings. The Labute approximate surface area is 146 Å². The van der Waals surface area contributed by atoms with Crippen molar-refractivity contribution in [1.29, 1.82) is 0 Å². The summed E-state index contributed by atoms with van der Waals surface area (Å²) >= 11 is 1.53. The van der Waals surface area contributed by atoms with Crippen LogP contribution < -0.4 is 5.32 Å². The summed E-state index contributed by atoms with van der Waals surface area (Å²) in [5.74, 6) is 0. The number of nitrogens with zero attached hydrogens (tertiary/aromatic N) is 3. The zero-order chi connectivity index (χ0) is 17.4. The van der Waals surface area contributed by atoms with Gasteiger partial charge in [0.15, 0.2) is 0 Å². The predicted octanol–water partition coefficient (Wildman–Crippen LogP) is 3.80. The lowest BCUT2D eigenvalue weighted by Gasteiger charge is -2.23. The van der Waals surface area contributed by atoms with Gasteiger partial charge in [0.1, 0.15) is 0 Å². The van der Waals surface area contributed by atoms with Crippen LogP contribution in [0.3, 0.4) is 0 Å². The van der Waals surface area contributed by atoms with Crippen molar-refractivity contribution >= 4 is 21.4 Å². The van der Waals surface area contributed by atoms with E-state index >= 15 is 0 Å². The lowest BCUT2D eigenvalue weighted by atomic mass is 9.93. The van der Waals surface area contributed by atoms with Crippen LogP contribution in [0.1, 0.15) is 45.4 Å². The van der Waals surface area contributed by atoms with Crippen molar-refractivity contribution in [2.45, 2.75) is 45.1 Å². The smallest absolute Gasteiger partial charge is 0.214 e. The molecule has 0 saturated heterocycles. The van der Waals surface area contributed by atoms with Gasteiger partial charge in [0, 0.05) is 12.0 Å². The highest BCUT2D eigenvalue weighted by Crippen LogP contribution is 2.27. The van der Waals surface area contributed by atoms with Crippen LogP contribution in [0.5, 0.6) is 0 Å². The molecule has 2 heterocycles. The topological polar surface area (TPSA) is 62.5 Å². The third-order valence-corrected chi connectivity index (χ3v) is 4.98. The van der Waals surface area contributed by atoms with E-state index in [0.717, 1.165) is 21.3 Å². The fourth-order valence-corrected chi connectivity index (χ4v) is 3.29. The molecule has 0 spiro atoms. The summed E-state index contributed by atoms with van der Waals surface area (Å²) < 4.78 is 1.82. The van der Waals surface area contributed by atoms with Crippen molar-refractivity contribution in [3.63, 3.8) is 0 Å². The van der Waals surface area contributed by atoms with Crippen LogP contribution in [0.2, 0.25) is 0 Å². The van der Waals surface area contributed by atoms with E-state index in [-0.39, 0.29) is 5.41 Å². The van der Waals surface area contributed by atoms with Crippen molar-refractivity contribution < 1.29 is 5.11 Å². The van der Waals surface area contributed by atoms with Gasteiger partial charge in [-0.05, 0) is 18.9 Å². The highest BCUT2D eigenvalue weighted by Gasteiger charge is 2.23. The minimum atomic E-state index is -0.856. The molecule has 1 atom stereocenters. The summed E-state index contributed by atoms with van der Waals surface area (Å²) in [4.78, 5) is 5.52. The first kappa shape index (κ1) is 16.9. The van der Waals surface area contributed by atoms with Crippen LogP contribution in [0.4, 0.5) is 5.13 Å². The molecule has 3 rings (SSSR count). The van der Waals surface area contributed by atoms with Gasteiger partial charge in [-0.2, -0.15) is 0 Å². The molecule has 0 aliphatic heterocycles. The lowest BCUT2D eigenvalue weighted by Crippen LogP contribution is -2.24. The summed E-state index contributed by atoms with van der Waals surface area (Å²) in [5, 5.41) is 19.2. The normalized spacial score (nSPS) is 14.7. The van der Waals surface area contributed by atoms with Crippen molar-refractivity contribution in [1.82, 2.24) is 14.6 Å². The Morgan fingerprint density at radius 3 is 2.50 bits per heavy atom. The van der Waals surface area contributed by atoms with Crippen LogP contribution in [0, 0.1) is 0 Å². The number of anilines is 1. The number of nitrogens with one attached hydrogen (secondary N) is 1. The van der Waals surface area contributed by atoms with Gasteiger partial charge >= 0.3 is 0 Å². The molecule has 24 heavy (non-hydrogen) atoms. The molecule has 3 aromatic rings. The van der Waals surface area contributed by atoms with Gasteiger partial charge in [0.25, 0.3) is 0 Å². The summed E-state index contributed by atoms with van der Waals surface area (Å²) in [7, 11) is 0. The Hall–Kier alpha value is -1.92. The van der Waals surface area contributed by atoms with Gasteiger partial charge in [-0.1, -0.05) is 62.4 Å². The maximum Gasteiger partial charge on any atom is 0.214 e. The Bertz CT molecular complexity index is 783. The average molecular weight is 344 g/mol. The third kappa shape index (κ3) is 3.60. The molecule has 0 bridgehead atoms. The van der Waals surface area contributed by atoms with Crippen molar-refractivity contribution in [2.75, 3.05) is 11.9 Å². The second-order valence-corrected chi connectivity index (χ2v) is 8.28. The van der Waals surface area contributed by atoms with Gasteiger partial charge in [0.05, 0.1) is 17.5 Å². The van der Waals surface area contributed by atoms with Crippen LogP contribution in [0.25, 0.3) is 4.96 Å². The molecule has 1 unspecified atom stereocenters. The van der Waals surface area contributed by atoms with Crippen molar-refractivity contribution in [2.24, 2.45) is 0 Å². The Balaban J connectivity index is 1.63. The molecule has 1 aromatic carbocycles. The Morgan fingerprint density at radius 1 is 1.17 bits per heavy atom. The molecule has 2 aromatic heterocycles. The number of aliphatic hydroxyl groups is 1. The number of benzene rings is 1. The van der Waals surface area contributed by atoms with Crippen LogP contribution in [-0.2, 0) is 11.0 Å². The van der Waals surface area contributed by atoms with E-state index in [1.807, 2.05) is 48.0 Å². The van der Waals surface area contributed by atoms with E-state index in [0.29, 0.717) is 13.0 Å². The summed E-state index contributed by atoms with van der Waals surface area (Å²) in [6, 6.07) is 9.74. The highest BCUT2D eigenvalue weighted by atomic mass is 32.1. The summed E-state index contributed by atoms with van der Waals surface area (Å²) in [6.45, 7) is 8.91. The van der Waals surface area contributed by atoms with Crippen LogP contribution >= 0.6 is 11.3 Å². The maximum absolute atomic E-state index is 10.6. The first-order valence-corrected chi connectivity index (χ1v) is 8.96. The number of aromatic nitrogens is 3. The molecule has 0 radical (unpaired) electrons. The van der Waals surface area contributed by atoms with E-state index in [1.165, 1.54) is 11.3 Å². The van der Waals surface area contributed by atoms with Crippen molar-refractivity contribution in [3.8, 4) is 0 Å². The number of fused-ring (bicyclic) bond motifs is 1. The quantitative estimate of drug-likeness (QED) is 0.739. The zero-order valence-electron chi connectivity index (χ0n) is 14.6. The van der Waals surface area contributed by atoms with Crippen LogP contribution in [0.15, 0.2) is 36.5 Å². The standard InChI is InChI=1S/C18H24N4OS/c1-17(2,3)14-12-22-16(20-14)24-15(21-22)19-11-10-18(4,23)13-8-6-5-7-9-13/h5-9,12,23H,10-11H2,1-4H3,(H,19,21). The van der Waals surface area contributed by atoms with Gasteiger partial charge in [-0.25, -0.2) is 9.50 Å². The Morgan fingerprint density at radius 2 is 1.88 bits per heavy atom. The largest absolute Gasteiger partial charge is 0.385 e. The van der Waals surface area contributed by atoms with Gasteiger partial charge in [-0.15, -0.1) is 5.10 Å². The zero-order valence-corrected chi connectivity index (χ0v) is 15.4. The lowest BCUT2D eigenvalue weighted by molar-refractivity contribution is 0.0515. The van der Waals surface area contributed by atoms with Gasteiger partial charge < -0.3 is 10.4 Å². The molecule has 0 saturated carbocycles. The monoisotopic (exact) mass is 344 g/mol. The summed E-state index contributed by atoms with van der Waals surface area (Å²) in [6.07, 6.45) is 2.59. The van der Waals surface area contributed by atoms with E-state index in [4.69, 9.17) is 0 Å². The fraction of sp³-hybridized carbons (Fsp3) is 0.444. The number of hydrogen-bond acceptors (Lipinski definition) is 5. The molecular weight excluding hydrogens is 320 g/mol. The third-order valence-electron chi connectivity index (χ3n) is 4.10. The van der Waals surface area contributed by atoms with E-state index in [9.17, 15) is 5.11 Å². The minimum absolute atomic E-state index is 0.0232. The molecule has 5 nitrogen and oxygen atoms in total. The molecule has 0 aliphatic carbocycles.